The molecule has 3 N–H and O–H groups in total. The minimum absolute atomic E-state index is 0.132. The first-order valence-electron chi connectivity index (χ1n) is 9.68. The third-order valence-electron chi connectivity index (χ3n) is 4.16. The lowest BCUT2D eigenvalue weighted by Gasteiger charge is -2.10. The van der Waals surface area contributed by atoms with Crippen LogP contribution in [-0.2, 0) is 0 Å². The van der Waals surface area contributed by atoms with Gasteiger partial charge in [0.15, 0.2) is 0 Å². The van der Waals surface area contributed by atoms with Crippen LogP contribution in [0.25, 0.3) is 11.5 Å². The summed E-state index contributed by atoms with van der Waals surface area (Å²) in [5.74, 6) is 2.09. The molecular formula is C21H21N7O2S. The number of hydrogen-bond donors (Lipinski definition) is 2. The van der Waals surface area contributed by atoms with Gasteiger partial charge in [0.05, 0.1) is 17.4 Å². The van der Waals surface area contributed by atoms with Gasteiger partial charge in [0.2, 0.25) is 11.9 Å². The van der Waals surface area contributed by atoms with Crippen molar-refractivity contribution in [3.8, 4) is 17.2 Å². The summed E-state index contributed by atoms with van der Waals surface area (Å²) in [5, 5.41) is 11.6. The summed E-state index contributed by atoms with van der Waals surface area (Å²) < 4.78 is 11.5. The fourth-order valence-corrected chi connectivity index (χ4v) is 3.52. The molecule has 0 aliphatic heterocycles. The van der Waals surface area contributed by atoms with Crippen LogP contribution < -0.4 is 15.8 Å². The molecule has 0 saturated heterocycles. The third kappa shape index (κ3) is 5.10. The van der Waals surface area contributed by atoms with Crippen LogP contribution in [0.4, 0.5) is 17.6 Å². The molecule has 2 aromatic heterocycles. The molecule has 31 heavy (non-hydrogen) atoms. The van der Waals surface area contributed by atoms with Gasteiger partial charge < -0.3 is 20.2 Å². The molecule has 0 spiro atoms. The van der Waals surface area contributed by atoms with Crippen LogP contribution in [0.5, 0.6) is 5.75 Å². The number of rotatable bonds is 8. The van der Waals surface area contributed by atoms with Crippen molar-refractivity contribution in [1.82, 2.24) is 25.1 Å². The second-order valence-corrected chi connectivity index (χ2v) is 7.72. The van der Waals surface area contributed by atoms with Gasteiger partial charge in [0.25, 0.3) is 11.1 Å². The topological polar surface area (TPSA) is 125 Å². The van der Waals surface area contributed by atoms with Crippen LogP contribution in [0.3, 0.4) is 0 Å². The molecular weight excluding hydrogens is 414 g/mol. The van der Waals surface area contributed by atoms with Crippen LogP contribution >= 0.6 is 11.8 Å². The summed E-state index contributed by atoms with van der Waals surface area (Å²) in [7, 11) is 0. The van der Waals surface area contributed by atoms with Crippen molar-refractivity contribution >= 4 is 29.3 Å². The Morgan fingerprint density at radius 2 is 1.81 bits per heavy atom. The van der Waals surface area contributed by atoms with E-state index in [0.29, 0.717) is 35.2 Å². The quantitative estimate of drug-likeness (QED) is 0.382. The number of nitrogens with one attached hydrogen (secondary N) is 1. The molecule has 1 unspecified atom stereocenters. The van der Waals surface area contributed by atoms with Crippen LogP contribution in [0.15, 0.2) is 64.2 Å². The second kappa shape index (κ2) is 9.43. The second-order valence-electron chi connectivity index (χ2n) is 6.43. The Balaban J connectivity index is 1.51. The predicted molar refractivity (Wildman–Crippen MR) is 119 cm³/mol. The van der Waals surface area contributed by atoms with Crippen molar-refractivity contribution in [3.63, 3.8) is 0 Å². The summed E-state index contributed by atoms with van der Waals surface area (Å²) >= 11 is 1.34. The van der Waals surface area contributed by atoms with Gasteiger partial charge in [0.1, 0.15) is 11.6 Å². The summed E-state index contributed by atoms with van der Waals surface area (Å²) in [5.41, 5.74) is 7.49. The molecule has 0 bridgehead atoms. The van der Waals surface area contributed by atoms with Gasteiger partial charge in [-0.05, 0) is 38.1 Å². The summed E-state index contributed by atoms with van der Waals surface area (Å²) in [6.45, 7) is 4.41. The zero-order valence-corrected chi connectivity index (χ0v) is 17.8. The van der Waals surface area contributed by atoms with Crippen molar-refractivity contribution in [2.45, 2.75) is 24.3 Å². The monoisotopic (exact) mass is 435 g/mol. The van der Waals surface area contributed by atoms with Crippen LogP contribution in [-0.4, -0.2) is 31.8 Å². The number of thioether (sulfide) groups is 1. The third-order valence-corrected chi connectivity index (χ3v) is 5.10. The lowest BCUT2D eigenvalue weighted by molar-refractivity contribution is 0.340. The molecule has 0 aliphatic rings. The maximum Gasteiger partial charge on any atom is 0.277 e. The Kier molecular flexibility index (Phi) is 6.27. The molecule has 2 heterocycles. The molecule has 158 valence electrons. The molecule has 2 aromatic carbocycles. The number of nitrogens with two attached hydrogens (primary N) is 1. The average Bonchev–Trinajstić information content (AvgIpc) is 3.23. The molecule has 0 saturated carbocycles. The van der Waals surface area contributed by atoms with Gasteiger partial charge in [-0.2, -0.15) is 15.0 Å². The van der Waals surface area contributed by atoms with E-state index >= 15 is 0 Å². The van der Waals surface area contributed by atoms with Crippen LogP contribution in [0, 0.1) is 0 Å². The highest BCUT2D eigenvalue weighted by molar-refractivity contribution is 7.99. The lowest BCUT2D eigenvalue weighted by atomic mass is 10.2. The van der Waals surface area contributed by atoms with Crippen LogP contribution in [0.2, 0.25) is 0 Å². The normalized spacial score (nSPS) is 11.8. The minimum atomic E-state index is -0.197. The molecule has 9 nitrogen and oxygen atoms in total. The number of hydrogen-bond acceptors (Lipinski definition) is 10. The molecule has 0 aliphatic carbocycles. The highest BCUT2D eigenvalue weighted by atomic mass is 32.2. The number of aromatic nitrogens is 5. The van der Waals surface area contributed by atoms with E-state index in [0.717, 1.165) is 11.3 Å². The summed E-state index contributed by atoms with van der Waals surface area (Å²) in [6.07, 6.45) is 0. The standard InChI is InChI=1S/C21H21N7O2S/c1-3-29-16-12-8-7-11-15(16)18-27-28-21(30-18)31-13(2)17-24-19(22)26-20(25-17)23-14-9-5-4-6-10-14/h4-13H,3H2,1-2H3,(H3,22,23,24,25,26). The Bertz CT molecular complexity index is 1150. The zero-order chi connectivity index (χ0) is 21.6. The van der Waals surface area contributed by atoms with E-state index in [2.05, 4.69) is 30.5 Å². The summed E-state index contributed by atoms with van der Waals surface area (Å²) in [4.78, 5) is 12.9. The van der Waals surface area contributed by atoms with Gasteiger partial charge in [-0.3, -0.25) is 0 Å². The van der Waals surface area contributed by atoms with Gasteiger partial charge in [-0.15, -0.1) is 10.2 Å². The Labute approximate surface area is 183 Å². The van der Waals surface area contributed by atoms with Crippen molar-refractivity contribution < 1.29 is 9.15 Å². The van der Waals surface area contributed by atoms with E-state index < -0.39 is 0 Å². The van der Waals surface area contributed by atoms with E-state index in [1.807, 2.05) is 68.4 Å². The van der Waals surface area contributed by atoms with E-state index in [4.69, 9.17) is 14.9 Å². The largest absolute Gasteiger partial charge is 0.493 e. The van der Waals surface area contributed by atoms with Crippen molar-refractivity contribution in [3.05, 3.63) is 60.4 Å². The lowest BCUT2D eigenvalue weighted by Crippen LogP contribution is -2.08. The van der Waals surface area contributed by atoms with Crippen molar-refractivity contribution in [2.75, 3.05) is 17.7 Å². The van der Waals surface area contributed by atoms with E-state index in [1.165, 1.54) is 11.8 Å². The van der Waals surface area contributed by atoms with Crippen LogP contribution in [0.1, 0.15) is 24.9 Å². The fourth-order valence-electron chi connectivity index (χ4n) is 2.79. The van der Waals surface area contributed by atoms with E-state index in [1.54, 1.807) is 0 Å². The number of nitrogen functional groups attached to an aromatic ring is 1. The van der Waals surface area contributed by atoms with E-state index in [-0.39, 0.29) is 11.2 Å². The molecule has 4 rings (SSSR count). The Morgan fingerprint density at radius 3 is 2.61 bits per heavy atom. The zero-order valence-electron chi connectivity index (χ0n) is 17.0. The first-order valence-corrected chi connectivity index (χ1v) is 10.6. The van der Waals surface area contributed by atoms with Gasteiger partial charge in [-0.1, -0.05) is 42.1 Å². The molecule has 0 radical (unpaired) electrons. The highest BCUT2D eigenvalue weighted by Crippen LogP contribution is 2.36. The Hall–Kier alpha value is -3.66. The molecule has 0 amide bonds. The first kappa shape index (κ1) is 20.6. The fraction of sp³-hybridized carbons (Fsp3) is 0.190. The van der Waals surface area contributed by atoms with E-state index in [9.17, 15) is 0 Å². The minimum Gasteiger partial charge on any atom is -0.493 e. The number of ether oxygens (including phenoxy) is 1. The molecule has 10 heteroatoms. The summed E-state index contributed by atoms with van der Waals surface area (Å²) in [6, 6.07) is 17.1. The van der Waals surface area contributed by atoms with Crippen molar-refractivity contribution in [1.29, 1.82) is 0 Å². The number of nitrogens with zero attached hydrogens (tertiary/aromatic N) is 5. The SMILES string of the molecule is CCOc1ccccc1-c1nnc(SC(C)c2nc(N)nc(Nc3ccccc3)n2)o1. The molecule has 4 aromatic rings. The smallest absolute Gasteiger partial charge is 0.277 e. The maximum atomic E-state index is 5.89. The number of anilines is 3. The molecule has 0 fully saturated rings. The number of benzene rings is 2. The van der Waals surface area contributed by atoms with Gasteiger partial charge in [-0.25, -0.2) is 0 Å². The predicted octanol–water partition coefficient (Wildman–Crippen LogP) is 4.50. The average molecular weight is 436 g/mol. The Morgan fingerprint density at radius 1 is 1.03 bits per heavy atom. The molecule has 1 atom stereocenters. The van der Waals surface area contributed by atoms with Crippen molar-refractivity contribution in [2.24, 2.45) is 0 Å². The number of para-hydroxylation sites is 2. The first-order chi connectivity index (χ1) is 15.1. The highest BCUT2D eigenvalue weighted by Gasteiger charge is 2.19. The maximum absolute atomic E-state index is 5.89. The van der Waals surface area contributed by atoms with Gasteiger partial charge >= 0.3 is 0 Å². The van der Waals surface area contributed by atoms with Gasteiger partial charge in [0, 0.05) is 5.69 Å².